The first-order valence-electron chi connectivity index (χ1n) is 9.29. The Morgan fingerprint density at radius 1 is 0.889 bits per heavy atom. The lowest BCUT2D eigenvalue weighted by atomic mass is 10.1. The number of nitro benzene ring substituents is 1. The van der Waals surface area contributed by atoms with E-state index < -0.39 is 10.9 Å². The van der Waals surface area contributed by atoms with E-state index in [1.807, 2.05) is 0 Å². The second-order valence-electron chi connectivity index (χ2n) is 6.28. The minimum atomic E-state index is -0.522. The molecule has 0 saturated carbocycles. The predicted octanol–water partition coefficient (Wildman–Crippen LogP) is 5.55. The molecule has 0 aliphatic rings. The van der Waals surface area contributed by atoms with Gasteiger partial charge in [-0.2, -0.15) is 0 Å². The van der Waals surface area contributed by atoms with Crippen molar-refractivity contribution in [2.24, 2.45) is 0 Å². The largest absolute Gasteiger partial charge is 0.494 e. The fraction of sp³-hybridized carbons (Fsp3) is 0.381. The number of rotatable bonds is 11. The molecule has 0 aliphatic carbocycles. The molecule has 0 atom stereocenters. The Morgan fingerprint density at radius 2 is 1.48 bits per heavy atom. The summed E-state index contributed by atoms with van der Waals surface area (Å²) >= 11 is 0. The first kappa shape index (κ1) is 20.4. The van der Waals surface area contributed by atoms with Gasteiger partial charge >= 0.3 is 5.97 Å². The van der Waals surface area contributed by atoms with Gasteiger partial charge in [-0.15, -0.1) is 0 Å². The van der Waals surface area contributed by atoms with Crippen molar-refractivity contribution in [2.45, 2.75) is 45.4 Å². The Kier molecular flexibility index (Phi) is 8.29. The van der Waals surface area contributed by atoms with E-state index in [0.717, 1.165) is 12.2 Å². The molecule has 27 heavy (non-hydrogen) atoms. The van der Waals surface area contributed by atoms with Crippen molar-refractivity contribution in [3.63, 3.8) is 0 Å². The van der Waals surface area contributed by atoms with E-state index in [-0.39, 0.29) is 11.4 Å². The summed E-state index contributed by atoms with van der Waals surface area (Å²) in [6.07, 6.45) is 7.24. The van der Waals surface area contributed by atoms with Crippen LogP contribution in [0.2, 0.25) is 0 Å². The smallest absolute Gasteiger partial charge is 0.343 e. The van der Waals surface area contributed by atoms with E-state index in [2.05, 4.69) is 6.92 Å². The van der Waals surface area contributed by atoms with Crippen molar-refractivity contribution >= 4 is 11.7 Å². The number of hydrogen-bond acceptors (Lipinski definition) is 5. The standard InChI is InChI=1S/C21H25NO5/c1-2-3-4-5-6-7-16-26-19-12-8-17(9-13-19)21(23)27-20-14-10-18(11-15-20)22(24)25/h8-15H,2-7,16H2,1H3. The third kappa shape index (κ3) is 7.09. The maximum absolute atomic E-state index is 12.1. The monoisotopic (exact) mass is 371 g/mol. The quantitative estimate of drug-likeness (QED) is 0.170. The van der Waals surface area contributed by atoms with Gasteiger partial charge in [-0.3, -0.25) is 10.1 Å². The van der Waals surface area contributed by atoms with E-state index in [4.69, 9.17) is 9.47 Å². The van der Waals surface area contributed by atoms with Gasteiger partial charge in [0.25, 0.3) is 5.69 Å². The zero-order valence-electron chi connectivity index (χ0n) is 15.6. The minimum Gasteiger partial charge on any atom is -0.494 e. The van der Waals surface area contributed by atoms with Crippen LogP contribution in [0.4, 0.5) is 5.69 Å². The summed E-state index contributed by atoms with van der Waals surface area (Å²) in [5, 5.41) is 10.6. The molecule has 0 N–H and O–H groups in total. The SMILES string of the molecule is CCCCCCCCOc1ccc(C(=O)Oc2ccc([N+](=O)[O-])cc2)cc1. The molecule has 0 bridgehead atoms. The molecule has 0 amide bonds. The molecule has 6 heteroatoms. The topological polar surface area (TPSA) is 78.7 Å². The van der Waals surface area contributed by atoms with Crippen LogP contribution in [-0.2, 0) is 0 Å². The lowest BCUT2D eigenvalue weighted by molar-refractivity contribution is -0.384. The van der Waals surface area contributed by atoms with Gasteiger partial charge in [0.1, 0.15) is 11.5 Å². The average molecular weight is 371 g/mol. The zero-order chi connectivity index (χ0) is 19.5. The molecule has 0 radical (unpaired) electrons. The molecular weight excluding hydrogens is 346 g/mol. The van der Waals surface area contributed by atoms with E-state index in [1.54, 1.807) is 24.3 Å². The average Bonchev–Trinajstić information content (AvgIpc) is 2.68. The molecule has 0 spiro atoms. The molecule has 0 heterocycles. The Hall–Kier alpha value is -2.89. The molecule has 0 fully saturated rings. The molecule has 144 valence electrons. The molecule has 0 unspecified atom stereocenters. The number of nitrogens with zero attached hydrogens (tertiary/aromatic N) is 1. The van der Waals surface area contributed by atoms with E-state index in [1.165, 1.54) is 56.4 Å². The van der Waals surface area contributed by atoms with Crippen LogP contribution < -0.4 is 9.47 Å². The zero-order valence-corrected chi connectivity index (χ0v) is 15.6. The summed E-state index contributed by atoms with van der Waals surface area (Å²) < 4.78 is 10.9. The fourth-order valence-electron chi connectivity index (χ4n) is 2.56. The summed E-state index contributed by atoms with van der Waals surface area (Å²) in [5.41, 5.74) is 0.335. The van der Waals surface area contributed by atoms with Crippen LogP contribution in [0, 0.1) is 10.1 Å². The lowest BCUT2D eigenvalue weighted by Gasteiger charge is -2.07. The number of nitro groups is 1. The van der Waals surface area contributed by atoms with Crippen molar-refractivity contribution in [1.82, 2.24) is 0 Å². The highest BCUT2D eigenvalue weighted by molar-refractivity contribution is 5.91. The second-order valence-corrected chi connectivity index (χ2v) is 6.28. The highest BCUT2D eigenvalue weighted by Gasteiger charge is 2.10. The van der Waals surface area contributed by atoms with Gasteiger partial charge in [-0.25, -0.2) is 4.79 Å². The summed E-state index contributed by atoms with van der Waals surface area (Å²) in [5.74, 6) is 0.454. The van der Waals surface area contributed by atoms with Crippen LogP contribution in [0.1, 0.15) is 55.8 Å². The van der Waals surface area contributed by atoms with Crippen molar-refractivity contribution < 1.29 is 19.2 Å². The Morgan fingerprint density at radius 3 is 2.11 bits per heavy atom. The lowest BCUT2D eigenvalue weighted by Crippen LogP contribution is -2.08. The van der Waals surface area contributed by atoms with Crippen molar-refractivity contribution in [2.75, 3.05) is 6.61 Å². The Bertz CT molecular complexity index is 725. The first-order valence-corrected chi connectivity index (χ1v) is 9.29. The number of hydrogen-bond donors (Lipinski definition) is 0. The number of carbonyl (C=O) groups is 1. The fourth-order valence-corrected chi connectivity index (χ4v) is 2.56. The number of non-ortho nitro benzene ring substituents is 1. The predicted molar refractivity (Wildman–Crippen MR) is 103 cm³/mol. The maximum Gasteiger partial charge on any atom is 0.343 e. The summed E-state index contributed by atoms with van der Waals surface area (Å²) in [6.45, 7) is 2.87. The molecule has 2 aromatic carbocycles. The molecular formula is C21H25NO5. The third-order valence-corrected chi connectivity index (χ3v) is 4.11. The van der Waals surface area contributed by atoms with Crippen LogP contribution in [0.25, 0.3) is 0 Å². The van der Waals surface area contributed by atoms with E-state index in [9.17, 15) is 14.9 Å². The van der Waals surface area contributed by atoms with Gasteiger partial charge in [0.2, 0.25) is 0 Å². The van der Waals surface area contributed by atoms with Gasteiger partial charge in [0.15, 0.2) is 0 Å². The summed E-state index contributed by atoms with van der Waals surface area (Å²) in [4.78, 5) is 22.3. The number of unbranched alkanes of at least 4 members (excludes halogenated alkanes) is 5. The van der Waals surface area contributed by atoms with Gasteiger partial charge in [-0.1, -0.05) is 39.0 Å². The van der Waals surface area contributed by atoms with Crippen molar-refractivity contribution in [1.29, 1.82) is 0 Å². The Labute approximate surface area is 159 Å². The maximum atomic E-state index is 12.1. The number of esters is 1. The Balaban J connectivity index is 1.76. The third-order valence-electron chi connectivity index (χ3n) is 4.11. The molecule has 0 saturated heterocycles. The van der Waals surface area contributed by atoms with Crippen LogP contribution >= 0.6 is 0 Å². The first-order chi connectivity index (χ1) is 13.1. The van der Waals surface area contributed by atoms with Crippen molar-refractivity contribution in [3.8, 4) is 11.5 Å². The molecule has 2 aromatic rings. The number of benzene rings is 2. The van der Waals surface area contributed by atoms with Crippen LogP contribution in [0.3, 0.4) is 0 Å². The van der Waals surface area contributed by atoms with Crippen LogP contribution in [0.15, 0.2) is 48.5 Å². The van der Waals surface area contributed by atoms with Crippen LogP contribution in [-0.4, -0.2) is 17.5 Å². The highest BCUT2D eigenvalue weighted by Crippen LogP contribution is 2.19. The van der Waals surface area contributed by atoms with Crippen LogP contribution in [0.5, 0.6) is 11.5 Å². The van der Waals surface area contributed by atoms with Gasteiger partial charge < -0.3 is 9.47 Å². The van der Waals surface area contributed by atoms with Gasteiger partial charge in [-0.05, 0) is 42.8 Å². The summed E-state index contributed by atoms with van der Waals surface area (Å²) in [6, 6.07) is 12.1. The molecule has 2 rings (SSSR count). The van der Waals surface area contributed by atoms with Crippen molar-refractivity contribution in [3.05, 3.63) is 64.2 Å². The highest BCUT2D eigenvalue weighted by atomic mass is 16.6. The normalized spacial score (nSPS) is 10.4. The summed E-state index contributed by atoms with van der Waals surface area (Å²) in [7, 11) is 0. The van der Waals surface area contributed by atoms with E-state index >= 15 is 0 Å². The number of ether oxygens (including phenoxy) is 2. The number of carbonyl (C=O) groups excluding carboxylic acids is 1. The molecule has 0 aromatic heterocycles. The molecule has 6 nitrogen and oxygen atoms in total. The second kappa shape index (κ2) is 11.0. The van der Waals surface area contributed by atoms with Gasteiger partial charge in [0.05, 0.1) is 17.1 Å². The molecule has 0 aliphatic heterocycles. The van der Waals surface area contributed by atoms with Gasteiger partial charge in [0, 0.05) is 12.1 Å². The minimum absolute atomic E-state index is 0.0540. The van der Waals surface area contributed by atoms with E-state index in [0.29, 0.717) is 12.2 Å².